The number of nitrogens with one attached hydrogen (secondary N) is 1. The van der Waals surface area contributed by atoms with Gasteiger partial charge in [-0.2, -0.15) is 0 Å². The summed E-state index contributed by atoms with van der Waals surface area (Å²) in [6, 6.07) is 4.82. The maximum Gasteiger partial charge on any atom is 0.155 e. The van der Waals surface area contributed by atoms with E-state index in [1.54, 1.807) is 18.2 Å². The zero-order valence-electron chi connectivity index (χ0n) is 13.9. The molecule has 4 nitrogen and oxygen atoms in total. The number of aromatic hydroxyl groups is 1. The first-order valence-electron chi connectivity index (χ1n) is 7.29. The molecule has 0 aromatic heterocycles. The number of anilines is 1. The molecule has 1 aromatic rings. The molecular formula is C17H28N2O2. The largest absolute Gasteiger partial charge is 0.506 e. The lowest BCUT2D eigenvalue weighted by Crippen LogP contribution is -2.51. The molecule has 0 spiro atoms. The van der Waals surface area contributed by atoms with Crippen molar-refractivity contribution in [1.29, 1.82) is 0 Å². The van der Waals surface area contributed by atoms with Crippen molar-refractivity contribution in [2.75, 3.05) is 5.73 Å². The van der Waals surface area contributed by atoms with Crippen LogP contribution >= 0.6 is 0 Å². The number of nitrogen functional groups attached to an aromatic ring is 1. The summed E-state index contributed by atoms with van der Waals surface area (Å²) in [4.78, 5) is 12.7. The van der Waals surface area contributed by atoms with Crippen molar-refractivity contribution in [2.45, 2.75) is 59.5 Å². The zero-order chi connectivity index (χ0) is 16.4. The van der Waals surface area contributed by atoms with Crippen LogP contribution in [0.4, 0.5) is 5.69 Å². The average molecular weight is 292 g/mol. The van der Waals surface area contributed by atoms with Gasteiger partial charge in [-0.3, -0.25) is 4.79 Å². The number of carbonyl (C=O) groups excluding carboxylic acids is 1. The second-order valence-electron chi connectivity index (χ2n) is 7.66. The topological polar surface area (TPSA) is 75.3 Å². The summed E-state index contributed by atoms with van der Waals surface area (Å²) in [6.45, 7) is 11.9. The Morgan fingerprint density at radius 2 is 1.81 bits per heavy atom. The zero-order valence-corrected chi connectivity index (χ0v) is 13.9. The van der Waals surface area contributed by atoms with Gasteiger partial charge in [-0.25, -0.2) is 0 Å². The molecule has 1 aromatic carbocycles. The molecule has 0 radical (unpaired) electrons. The van der Waals surface area contributed by atoms with Gasteiger partial charge in [0.15, 0.2) is 5.78 Å². The number of carbonyl (C=O) groups is 1. The maximum atomic E-state index is 12.7. The SMILES string of the molecule is CC(C)(C)NC(Cc1ccc(O)c(N)c1)C(=O)C(C)(C)C. The monoisotopic (exact) mass is 292 g/mol. The van der Waals surface area contributed by atoms with Gasteiger partial charge in [0.05, 0.1) is 11.7 Å². The molecule has 0 bridgehead atoms. The van der Waals surface area contributed by atoms with Gasteiger partial charge in [0.2, 0.25) is 0 Å². The van der Waals surface area contributed by atoms with E-state index in [1.807, 2.05) is 41.5 Å². The highest BCUT2D eigenvalue weighted by Gasteiger charge is 2.32. The quantitative estimate of drug-likeness (QED) is 0.589. The van der Waals surface area contributed by atoms with E-state index in [9.17, 15) is 9.90 Å². The van der Waals surface area contributed by atoms with Gasteiger partial charge >= 0.3 is 0 Å². The third-order valence-corrected chi connectivity index (χ3v) is 3.19. The first kappa shape index (κ1) is 17.5. The smallest absolute Gasteiger partial charge is 0.155 e. The average Bonchev–Trinajstić information content (AvgIpc) is 2.29. The Morgan fingerprint density at radius 1 is 1.24 bits per heavy atom. The van der Waals surface area contributed by atoms with Crippen LogP contribution in [0.1, 0.15) is 47.1 Å². The van der Waals surface area contributed by atoms with Crippen molar-refractivity contribution in [3.05, 3.63) is 23.8 Å². The fourth-order valence-electron chi connectivity index (χ4n) is 2.22. The Kier molecular flexibility index (Phi) is 5.05. The molecule has 118 valence electrons. The van der Waals surface area contributed by atoms with Crippen molar-refractivity contribution in [3.8, 4) is 5.75 Å². The number of phenols is 1. The molecule has 4 N–H and O–H groups in total. The van der Waals surface area contributed by atoms with E-state index in [2.05, 4.69) is 5.32 Å². The van der Waals surface area contributed by atoms with Gasteiger partial charge in [-0.15, -0.1) is 0 Å². The van der Waals surface area contributed by atoms with Gasteiger partial charge in [0.25, 0.3) is 0 Å². The minimum Gasteiger partial charge on any atom is -0.506 e. The summed E-state index contributed by atoms with van der Waals surface area (Å²) in [5.74, 6) is 0.241. The van der Waals surface area contributed by atoms with Crippen molar-refractivity contribution >= 4 is 11.5 Å². The molecule has 0 aliphatic rings. The van der Waals surface area contributed by atoms with Gasteiger partial charge in [-0.05, 0) is 44.9 Å². The Hall–Kier alpha value is -1.55. The molecule has 0 saturated heterocycles. The van der Waals surface area contributed by atoms with Crippen molar-refractivity contribution < 1.29 is 9.90 Å². The van der Waals surface area contributed by atoms with Gasteiger partial charge < -0.3 is 16.2 Å². The van der Waals surface area contributed by atoms with E-state index in [0.29, 0.717) is 12.1 Å². The second-order valence-corrected chi connectivity index (χ2v) is 7.66. The summed E-state index contributed by atoms with van der Waals surface area (Å²) >= 11 is 0. The highest BCUT2D eigenvalue weighted by atomic mass is 16.3. The number of hydrogen-bond donors (Lipinski definition) is 3. The molecule has 1 unspecified atom stereocenters. The highest BCUT2D eigenvalue weighted by Crippen LogP contribution is 2.24. The molecule has 0 aliphatic carbocycles. The number of rotatable bonds is 4. The predicted octanol–water partition coefficient (Wildman–Crippen LogP) is 2.89. The lowest BCUT2D eigenvalue weighted by atomic mass is 9.83. The Balaban J connectivity index is 3.01. The number of benzene rings is 1. The molecule has 0 fully saturated rings. The van der Waals surface area contributed by atoms with E-state index < -0.39 is 5.41 Å². The Bertz CT molecular complexity index is 511. The van der Waals surface area contributed by atoms with E-state index in [0.717, 1.165) is 5.56 Å². The molecule has 0 aliphatic heterocycles. The number of hydrogen-bond acceptors (Lipinski definition) is 4. The summed E-state index contributed by atoms with van der Waals surface area (Å²) in [6.07, 6.45) is 0.553. The van der Waals surface area contributed by atoms with E-state index in [-0.39, 0.29) is 23.1 Å². The predicted molar refractivity (Wildman–Crippen MR) is 87.4 cm³/mol. The number of phenolic OH excluding ortho intramolecular Hbond substituents is 1. The summed E-state index contributed by atoms with van der Waals surface area (Å²) < 4.78 is 0. The van der Waals surface area contributed by atoms with Crippen molar-refractivity contribution in [1.82, 2.24) is 5.32 Å². The van der Waals surface area contributed by atoms with Crippen molar-refractivity contribution in [3.63, 3.8) is 0 Å². The fourth-order valence-corrected chi connectivity index (χ4v) is 2.22. The lowest BCUT2D eigenvalue weighted by Gasteiger charge is -2.32. The van der Waals surface area contributed by atoms with E-state index in [4.69, 9.17) is 5.73 Å². The van der Waals surface area contributed by atoms with Crippen LogP contribution in [0.25, 0.3) is 0 Å². The van der Waals surface area contributed by atoms with Crippen LogP contribution in [0.5, 0.6) is 5.75 Å². The molecule has 0 saturated carbocycles. The number of ketones is 1. The molecule has 1 atom stereocenters. The van der Waals surface area contributed by atoms with Crippen LogP contribution in [0, 0.1) is 5.41 Å². The standard InChI is InChI=1S/C17H28N2O2/c1-16(2,3)15(21)13(19-17(4,5)6)10-11-7-8-14(20)12(18)9-11/h7-9,13,19-20H,10,18H2,1-6H3. The Morgan fingerprint density at radius 3 is 2.24 bits per heavy atom. The first-order chi connectivity index (χ1) is 9.40. The lowest BCUT2D eigenvalue weighted by molar-refractivity contribution is -0.128. The van der Waals surface area contributed by atoms with Gasteiger partial charge in [0.1, 0.15) is 5.75 Å². The molecule has 0 amide bonds. The third kappa shape index (κ3) is 5.38. The normalized spacial score (nSPS) is 14.0. The Labute approximate surface area is 127 Å². The molecular weight excluding hydrogens is 264 g/mol. The molecule has 0 heterocycles. The van der Waals surface area contributed by atoms with Gasteiger partial charge in [0, 0.05) is 11.0 Å². The van der Waals surface area contributed by atoms with Crippen LogP contribution in [-0.2, 0) is 11.2 Å². The summed E-state index contributed by atoms with van der Waals surface area (Å²) in [5, 5.41) is 12.9. The summed E-state index contributed by atoms with van der Waals surface area (Å²) in [5.41, 5.74) is 6.43. The highest BCUT2D eigenvalue weighted by molar-refractivity contribution is 5.89. The molecule has 21 heavy (non-hydrogen) atoms. The molecule has 1 rings (SSSR count). The number of Topliss-reactive ketones (excluding diaryl/α,β-unsaturated/α-hetero) is 1. The van der Waals surface area contributed by atoms with Crippen LogP contribution < -0.4 is 11.1 Å². The third-order valence-electron chi connectivity index (χ3n) is 3.19. The van der Waals surface area contributed by atoms with Crippen LogP contribution in [0.2, 0.25) is 0 Å². The maximum absolute atomic E-state index is 12.7. The van der Waals surface area contributed by atoms with E-state index in [1.165, 1.54) is 0 Å². The number of nitrogens with two attached hydrogens (primary N) is 1. The van der Waals surface area contributed by atoms with Crippen LogP contribution in [0.15, 0.2) is 18.2 Å². The minimum atomic E-state index is -0.411. The second kappa shape index (κ2) is 6.06. The van der Waals surface area contributed by atoms with Crippen molar-refractivity contribution in [2.24, 2.45) is 5.41 Å². The fraction of sp³-hybridized carbons (Fsp3) is 0.588. The first-order valence-corrected chi connectivity index (χ1v) is 7.29. The molecule has 4 heteroatoms. The van der Waals surface area contributed by atoms with Gasteiger partial charge in [-0.1, -0.05) is 26.8 Å². The van der Waals surface area contributed by atoms with Crippen LogP contribution in [-0.4, -0.2) is 22.5 Å². The van der Waals surface area contributed by atoms with E-state index >= 15 is 0 Å². The van der Waals surface area contributed by atoms with Crippen LogP contribution in [0.3, 0.4) is 0 Å². The summed E-state index contributed by atoms with van der Waals surface area (Å²) in [7, 11) is 0. The minimum absolute atomic E-state index is 0.0706.